The van der Waals surface area contributed by atoms with Gasteiger partial charge in [-0.2, -0.15) is 0 Å². The highest BCUT2D eigenvalue weighted by atomic mass is 16.8. The minimum atomic E-state index is -2.09. The summed E-state index contributed by atoms with van der Waals surface area (Å²) in [5.41, 5.74) is -2.09. The van der Waals surface area contributed by atoms with E-state index in [4.69, 9.17) is 19.3 Å². The molecule has 2 rings (SSSR count). The maximum Gasteiger partial charge on any atom is 0.190 e. The van der Waals surface area contributed by atoms with Crippen molar-refractivity contribution in [2.24, 2.45) is 0 Å². The Morgan fingerprint density at radius 3 is 2.38 bits per heavy atom. The normalized spacial score (nSPS) is 46.3. The van der Waals surface area contributed by atoms with E-state index in [1.54, 1.807) is 13.8 Å². The Labute approximate surface area is 92.2 Å². The molecular formula is C9H16O7. The summed E-state index contributed by atoms with van der Waals surface area (Å²) in [6.07, 6.45) is -5.20. The number of rotatable bonds is 2. The second kappa shape index (κ2) is 3.61. The Kier molecular flexibility index (Phi) is 2.75. The van der Waals surface area contributed by atoms with E-state index >= 15 is 0 Å². The fraction of sp³-hybridized carbons (Fsp3) is 1.00. The molecule has 0 aromatic heterocycles. The lowest BCUT2D eigenvalue weighted by Crippen LogP contribution is -2.58. The Morgan fingerprint density at radius 2 is 1.88 bits per heavy atom. The molecular weight excluding hydrogens is 220 g/mol. The van der Waals surface area contributed by atoms with Crippen molar-refractivity contribution in [3.63, 3.8) is 0 Å². The zero-order chi connectivity index (χ0) is 12.1. The first-order chi connectivity index (χ1) is 7.31. The van der Waals surface area contributed by atoms with Crippen LogP contribution in [0.5, 0.6) is 0 Å². The number of fused-ring (bicyclic) bond motifs is 1. The molecule has 94 valence electrons. The molecule has 7 nitrogen and oxygen atoms in total. The van der Waals surface area contributed by atoms with Crippen molar-refractivity contribution in [3.05, 3.63) is 0 Å². The number of ether oxygens (including phenoxy) is 3. The predicted molar refractivity (Wildman–Crippen MR) is 49.0 cm³/mol. The summed E-state index contributed by atoms with van der Waals surface area (Å²) in [5, 5.41) is 37.6. The molecule has 2 saturated heterocycles. The molecule has 16 heavy (non-hydrogen) atoms. The van der Waals surface area contributed by atoms with Crippen molar-refractivity contribution in [1.29, 1.82) is 0 Å². The molecule has 7 heteroatoms. The lowest BCUT2D eigenvalue weighted by Gasteiger charge is -2.33. The maximum absolute atomic E-state index is 10.1. The first-order valence-corrected chi connectivity index (χ1v) is 5.01. The smallest absolute Gasteiger partial charge is 0.190 e. The topological polar surface area (TPSA) is 109 Å². The summed E-state index contributed by atoms with van der Waals surface area (Å²) in [7, 11) is 0. The molecule has 2 heterocycles. The number of aliphatic hydroxyl groups excluding tert-OH is 2. The molecule has 4 atom stereocenters. The zero-order valence-electron chi connectivity index (χ0n) is 9.03. The SMILES string of the molecule is CC1(C)OC2O[C@H](CO)[C@@](O)(C(O)O)[C@H]2O1. The summed E-state index contributed by atoms with van der Waals surface area (Å²) in [6.45, 7) is 2.67. The van der Waals surface area contributed by atoms with E-state index in [1.807, 2.05) is 0 Å². The van der Waals surface area contributed by atoms with Crippen molar-refractivity contribution in [3.8, 4) is 0 Å². The van der Waals surface area contributed by atoms with Gasteiger partial charge in [-0.25, -0.2) is 0 Å². The fourth-order valence-corrected chi connectivity index (χ4v) is 2.10. The minimum absolute atomic E-state index is 0.561. The monoisotopic (exact) mass is 236 g/mol. The summed E-state index contributed by atoms with van der Waals surface area (Å²) in [6, 6.07) is 0. The predicted octanol–water partition coefficient (Wildman–Crippen LogP) is -2.10. The van der Waals surface area contributed by atoms with Crippen molar-refractivity contribution in [2.45, 2.75) is 50.0 Å². The zero-order valence-corrected chi connectivity index (χ0v) is 9.03. The molecule has 0 spiro atoms. The molecule has 0 aromatic rings. The Bertz CT molecular complexity index is 279. The van der Waals surface area contributed by atoms with E-state index in [0.29, 0.717) is 0 Å². The van der Waals surface area contributed by atoms with E-state index in [9.17, 15) is 15.3 Å². The van der Waals surface area contributed by atoms with Crippen LogP contribution in [0.4, 0.5) is 0 Å². The van der Waals surface area contributed by atoms with Gasteiger partial charge in [0.15, 0.2) is 24.0 Å². The van der Waals surface area contributed by atoms with Gasteiger partial charge in [0.25, 0.3) is 0 Å². The van der Waals surface area contributed by atoms with Crippen molar-refractivity contribution < 1.29 is 34.6 Å². The van der Waals surface area contributed by atoms with Gasteiger partial charge in [0.1, 0.15) is 12.2 Å². The Balaban J connectivity index is 2.27. The van der Waals surface area contributed by atoms with E-state index in [1.165, 1.54) is 0 Å². The molecule has 0 saturated carbocycles. The van der Waals surface area contributed by atoms with Crippen LogP contribution in [0.2, 0.25) is 0 Å². The average Bonchev–Trinajstić information content (AvgIpc) is 2.59. The molecule has 1 unspecified atom stereocenters. The van der Waals surface area contributed by atoms with Gasteiger partial charge in [-0.05, 0) is 13.8 Å². The van der Waals surface area contributed by atoms with Crippen molar-refractivity contribution in [1.82, 2.24) is 0 Å². The van der Waals surface area contributed by atoms with Crippen LogP contribution in [-0.4, -0.2) is 63.2 Å². The number of hydrogen-bond acceptors (Lipinski definition) is 7. The lowest BCUT2D eigenvalue weighted by molar-refractivity contribution is -0.274. The molecule has 2 fully saturated rings. The number of aliphatic hydroxyl groups is 4. The maximum atomic E-state index is 10.1. The van der Waals surface area contributed by atoms with Crippen LogP contribution in [0.15, 0.2) is 0 Å². The third kappa shape index (κ3) is 1.56. The van der Waals surface area contributed by atoms with Crippen molar-refractivity contribution in [2.75, 3.05) is 6.61 Å². The van der Waals surface area contributed by atoms with Gasteiger partial charge in [0.05, 0.1) is 6.61 Å². The first-order valence-electron chi connectivity index (χ1n) is 5.01. The largest absolute Gasteiger partial charge is 0.394 e. The molecule has 4 N–H and O–H groups in total. The Morgan fingerprint density at radius 1 is 1.25 bits per heavy atom. The van der Waals surface area contributed by atoms with Gasteiger partial charge in [0, 0.05) is 0 Å². The van der Waals surface area contributed by atoms with Crippen LogP contribution >= 0.6 is 0 Å². The Hall–Kier alpha value is -0.280. The van der Waals surface area contributed by atoms with Crippen LogP contribution in [-0.2, 0) is 14.2 Å². The van der Waals surface area contributed by atoms with Gasteiger partial charge >= 0.3 is 0 Å². The van der Waals surface area contributed by atoms with Gasteiger partial charge in [0.2, 0.25) is 0 Å². The van der Waals surface area contributed by atoms with E-state index in [2.05, 4.69) is 0 Å². The first kappa shape index (κ1) is 12.2. The average molecular weight is 236 g/mol. The highest BCUT2D eigenvalue weighted by molar-refractivity contribution is 5.06. The van der Waals surface area contributed by atoms with Gasteiger partial charge in [-0.3, -0.25) is 0 Å². The van der Waals surface area contributed by atoms with Gasteiger partial charge in [-0.1, -0.05) is 0 Å². The molecule has 0 radical (unpaired) electrons. The molecule has 2 aliphatic rings. The fourth-order valence-electron chi connectivity index (χ4n) is 2.10. The van der Waals surface area contributed by atoms with Crippen LogP contribution in [0.3, 0.4) is 0 Å². The van der Waals surface area contributed by atoms with E-state index < -0.39 is 42.8 Å². The molecule has 2 aliphatic heterocycles. The summed E-state index contributed by atoms with van der Waals surface area (Å²) >= 11 is 0. The third-order valence-electron chi connectivity index (χ3n) is 2.91. The third-order valence-corrected chi connectivity index (χ3v) is 2.91. The summed E-state index contributed by atoms with van der Waals surface area (Å²) < 4.78 is 15.8. The van der Waals surface area contributed by atoms with Crippen LogP contribution < -0.4 is 0 Å². The molecule has 0 amide bonds. The van der Waals surface area contributed by atoms with Gasteiger partial charge in [-0.15, -0.1) is 0 Å². The second-order valence-electron chi connectivity index (χ2n) is 4.49. The van der Waals surface area contributed by atoms with Gasteiger partial charge < -0.3 is 34.6 Å². The summed E-state index contributed by atoms with van der Waals surface area (Å²) in [4.78, 5) is 0. The molecule has 0 bridgehead atoms. The van der Waals surface area contributed by atoms with Crippen LogP contribution in [0, 0.1) is 0 Å². The van der Waals surface area contributed by atoms with Crippen LogP contribution in [0.1, 0.15) is 13.8 Å². The summed E-state index contributed by atoms with van der Waals surface area (Å²) in [5.74, 6) is -0.974. The minimum Gasteiger partial charge on any atom is -0.394 e. The van der Waals surface area contributed by atoms with E-state index in [-0.39, 0.29) is 0 Å². The lowest BCUT2D eigenvalue weighted by atomic mass is 9.92. The van der Waals surface area contributed by atoms with Crippen LogP contribution in [0.25, 0.3) is 0 Å². The number of hydrogen-bond donors (Lipinski definition) is 4. The highest BCUT2D eigenvalue weighted by Gasteiger charge is 2.65. The quantitative estimate of drug-likeness (QED) is 0.406. The highest BCUT2D eigenvalue weighted by Crippen LogP contribution is 2.43. The second-order valence-corrected chi connectivity index (χ2v) is 4.49. The van der Waals surface area contributed by atoms with Crippen molar-refractivity contribution >= 4 is 0 Å². The molecule has 0 aliphatic carbocycles. The van der Waals surface area contributed by atoms with E-state index in [0.717, 1.165) is 0 Å². The standard InChI is InChI=1S/C9H16O7/c1-8(2)15-5-6(16-8)14-4(3-10)9(5,13)7(11)12/h4-7,10-13H,3H2,1-2H3/t4-,5+,6?,9+/m1/s1. The molecule has 0 aromatic carbocycles.